The van der Waals surface area contributed by atoms with Crippen LogP contribution in [0.25, 0.3) is 0 Å². The van der Waals surface area contributed by atoms with Crippen LogP contribution in [0.15, 0.2) is 53.4 Å². The standard InChI is InChI=1S/C22H29N3O3S2/c1-29-22-11-10-18(17-20(22)23-30(2,27)28)21(26)9-6-12-24-13-15-25(16-14-24)19-7-4-3-5-8-19/h3-5,7-8,10-11,17,23H,6,9,12-16H2,1-2H3. The minimum absolute atomic E-state index is 0.0436. The maximum atomic E-state index is 12.6. The average Bonchev–Trinajstić information content (AvgIpc) is 2.73. The monoisotopic (exact) mass is 447 g/mol. The van der Waals surface area contributed by atoms with Gasteiger partial charge in [0, 0.05) is 48.7 Å². The van der Waals surface area contributed by atoms with Gasteiger partial charge in [-0.2, -0.15) is 0 Å². The zero-order chi connectivity index (χ0) is 21.6. The summed E-state index contributed by atoms with van der Waals surface area (Å²) in [6.07, 6.45) is 4.24. The van der Waals surface area contributed by atoms with E-state index in [0.717, 1.165) is 50.3 Å². The van der Waals surface area contributed by atoms with Crippen LogP contribution in [-0.2, 0) is 10.0 Å². The topological polar surface area (TPSA) is 69.7 Å². The van der Waals surface area contributed by atoms with Crippen LogP contribution in [0.2, 0.25) is 0 Å². The second-order valence-electron chi connectivity index (χ2n) is 7.48. The third-order valence-corrected chi connectivity index (χ3v) is 6.58. The number of piperazine rings is 1. The van der Waals surface area contributed by atoms with E-state index in [1.807, 2.05) is 12.3 Å². The Labute approximate surface area is 183 Å². The molecule has 0 aromatic heterocycles. The number of anilines is 2. The zero-order valence-corrected chi connectivity index (χ0v) is 19.1. The quantitative estimate of drug-likeness (QED) is 0.468. The molecule has 0 aliphatic carbocycles. The summed E-state index contributed by atoms with van der Waals surface area (Å²) in [5.74, 6) is 0.0436. The number of carbonyl (C=O) groups excluding carboxylic acids is 1. The molecule has 2 aromatic rings. The largest absolute Gasteiger partial charge is 0.369 e. The Morgan fingerprint density at radius 3 is 2.40 bits per heavy atom. The van der Waals surface area contributed by atoms with Gasteiger partial charge in [-0.1, -0.05) is 24.3 Å². The van der Waals surface area contributed by atoms with Gasteiger partial charge in [-0.3, -0.25) is 14.4 Å². The molecule has 0 saturated carbocycles. The van der Waals surface area contributed by atoms with Crippen LogP contribution in [-0.4, -0.2) is 64.3 Å². The van der Waals surface area contributed by atoms with Gasteiger partial charge in [0.2, 0.25) is 10.0 Å². The van der Waals surface area contributed by atoms with E-state index in [4.69, 9.17) is 0 Å². The molecular formula is C22H29N3O3S2. The van der Waals surface area contributed by atoms with Gasteiger partial charge < -0.3 is 4.90 Å². The van der Waals surface area contributed by atoms with Gasteiger partial charge in [-0.25, -0.2) is 8.42 Å². The maximum absolute atomic E-state index is 12.6. The lowest BCUT2D eigenvalue weighted by Gasteiger charge is -2.36. The number of hydrogen-bond acceptors (Lipinski definition) is 6. The fourth-order valence-electron chi connectivity index (χ4n) is 3.64. The summed E-state index contributed by atoms with van der Waals surface area (Å²) in [5.41, 5.74) is 2.28. The molecule has 1 fully saturated rings. The molecule has 1 aliphatic rings. The summed E-state index contributed by atoms with van der Waals surface area (Å²) in [4.78, 5) is 18.2. The summed E-state index contributed by atoms with van der Waals surface area (Å²) in [5, 5.41) is 0. The highest BCUT2D eigenvalue weighted by molar-refractivity contribution is 7.99. The molecule has 162 valence electrons. The van der Waals surface area contributed by atoms with Crippen molar-refractivity contribution in [2.45, 2.75) is 17.7 Å². The van der Waals surface area contributed by atoms with Gasteiger partial charge in [0.25, 0.3) is 0 Å². The van der Waals surface area contributed by atoms with Crippen molar-refractivity contribution in [3.05, 3.63) is 54.1 Å². The van der Waals surface area contributed by atoms with E-state index in [1.54, 1.807) is 18.2 Å². The summed E-state index contributed by atoms with van der Waals surface area (Å²) in [6.45, 7) is 4.87. The smallest absolute Gasteiger partial charge is 0.229 e. The Hall–Kier alpha value is -2.03. The number of para-hydroxylation sites is 1. The van der Waals surface area contributed by atoms with E-state index in [-0.39, 0.29) is 5.78 Å². The first kappa shape index (κ1) is 22.7. The molecule has 2 aromatic carbocycles. The van der Waals surface area contributed by atoms with Crippen molar-refractivity contribution >= 4 is 38.9 Å². The molecule has 1 N–H and O–H groups in total. The fraction of sp³-hybridized carbons (Fsp3) is 0.409. The molecule has 6 nitrogen and oxygen atoms in total. The van der Waals surface area contributed by atoms with Crippen LogP contribution in [0, 0.1) is 0 Å². The van der Waals surface area contributed by atoms with Crippen LogP contribution >= 0.6 is 11.8 Å². The SMILES string of the molecule is CSc1ccc(C(=O)CCCN2CCN(c3ccccc3)CC2)cc1NS(C)(=O)=O. The van der Waals surface area contributed by atoms with Gasteiger partial charge in [-0.15, -0.1) is 11.8 Å². The predicted octanol–water partition coefficient (Wildman–Crippen LogP) is 3.57. The molecule has 0 unspecified atom stereocenters. The molecule has 0 amide bonds. The molecule has 8 heteroatoms. The average molecular weight is 448 g/mol. The number of Topliss-reactive ketones (excluding diaryl/α,β-unsaturated/α-hetero) is 1. The van der Waals surface area contributed by atoms with Crippen LogP contribution in [0.4, 0.5) is 11.4 Å². The minimum atomic E-state index is -3.39. The number of sulfonamides is 1. The van der Waals surface area contributed by atoms with Crippen LogP contribution in [0.3, 0.4) is 0 Å². The number of rotatable bonds is 9. The van der Waals surface area contributed by atoms with E-state index in [0.29, 0.717) is 17.7 Å². The van der Waals surface area contributed by atoms with E-state index < -0.39 is 10.0 Å². The van der Waals surface area contributed by atoms with E-state index in [1.165, 1.54) is 17.4 Å². The Kier molecular flexibility index (Phi) is 7.80. The van der Waals surface area contributed by atoms with Gasteiger partial charge in [-0.05, 0) is 43.5 Å². The first-order valence-corrected chi connectivity index (χ1v) is 13.2. The molecule has 1 aliphatic heterocycles. The van der Waals surface area contributed by atoms with Crippen molar-refractivity contribution in [2.24, 2.45) is 0 Å². The van der Waals surface area contributed by atoms with E-state index in [2.05, 4.69) is 38.8 Å². The number of nitrogens with zero attached hydrogens (tertiary/aromatic N) is 2. The highest BCUT2D eigenvalue weighted by Crippen LogP contribution is 2.28. The first-order valence-electron chi connectivity index (χ1n) is 10.1. The molecule has 30 heavy (non-hydrogen) atoms. The molecule has 0 bridgehead atoms. The van der Waals surface area contributed by atoms with Crippen molar-refractivity contribution in [1.29, 1.82) is 0 Å². The minimum Gasteiger partial charge on any atom is -0.369 e. The molecule has 0 atom stereocenters. The lowest BCUT2D eigenvalue weighted by Crippen LogP contribution is -2.46. The number of benzene rings is 2. The van der Waals surface area contributed by atoms with Crippen molar-refractivity contribution in [3.8, 4) is 0 Å². The Morgan fingerprint density at radius 2 is 1.77 bits per heavy atom. The van der Waals surface area contributed by atoms with Crippen LogP contribution in [0.5, 0.6) is 0 Å². The van der Waals surface area contributed by atoms with Gasteiger partial charge in [0.05, 0.1) is 11.9 Å². The van der Waals surface area contributed by atoms with Crippen molar-refractivity contribution in [1.82, 2.24) is 4.90 Å². The molecule has 0 spiro atoms. The van der Waals surface area contributed by atoms with Crippen LogP contribution < -0.4 is 9.62 Å². The van der Waals surface area contributed by atoms with Gasteiger partial charge in [0.15, 0.2) is 5.78 Å². The predicted molar refractivity (Wildman–Crippen MR) is 125 cm³/mol. The number of hydrogen-bond donors (Lipinski definition) is 1. The first-order chi connectivity index (χ1) is 14.4. The number of carbonyl (C=O) groups is 1. The number of ketones is 1. The summed E-state index contributed by atoms with van der Waals surface area (Å²) in [6, 6.07) is 15.7. The summed E-state index contributed by atoms with van der Waals surface area (Å²) >= 11 is 1.44. The molecule has 1 heterocycles. The van der Waals surface area contributed by atoms with Gasteiger partial charge in [0.1, 0.15) is 0 Å². The maximum Gasteiger partial charge on any atom is 0.229 e. The number of thioether (sulfide) groups is 1. The lowest BCUT2D eigenvalue weighted by atomic mass is 10.1. The van der Waals surface area contributed by atoms with E-state index in [9.17, 15) is 13.2 Å². The third-order valence-electron chi connectivity index (χ3n) is 5.19. The molecule has 3 rings (SSSR count). The summed E-state index contributed by atoms with van der Waals surface area (Å²) < 4.78 is 25.7. The van der Waals surface area contributed by atoms with Crippen molar-refractivity contribution in [3.63, 3.8) is 0 Å². The molecule has 1 saturated heterocycles. The van der Waals surface area contributed by atoms with Crippen molar-refractivity contribution in [2.75, 3.05) is 54.9 Å². The second-order valence-corrected chi connectivity index (χ2v) is 10.1. The molecule has 0 radical (unpaired) electrons. The molecular weight excluding hydrogens is 418 g/mol. The van der Waals surface area contributed by atoms with Gasteiger partial charge >= 0.3 is 0 Å². The zero-order valence-electron chi connectivity index (χ0n) is 17.5. The van der Waals surface area contributed by atoms with Crippen LogP contribution in [0.1, 0.15) is 23.2 Å². The summed E-state index contributed by atoms with van der Waals surface area (Å²) in [7, 11) is -3.39. The Bertz CT molecular complexity index is 957. The Morgan fingerprint density at radius 1 is 1.07 bits per heavy atom. The second kappa shape index (κ2) is 10.3. The number of nitrogens with one attached hydrogen (secondary N) is 1. The van der Waals surface area contributed by atoms with E-state index >= 15 is 0 Å². The van der Waals surface area contributed by atoms with Crippen molar-refractivity contribution < 1.29 is 13.2 Å². The fourth-order valence-corrected chi connectivity index (χ4v) is 4.80. The Balaban J connectivity index is 1.49. The third kappa shape index (κ3) is 6.48. The highest BCUT2D eigenvalue weighted by Gasteiger charge is 2.17. The highest BCUT2D eigenvalue weighted by atomic mass is 32.2. The normalized spacial score (nSPS) is 15.2. The lowest BCUT2D eigenvalue weighted by molar-refractivity contribution is 0.0974.